The lowest BCUT2D eigenvalue weighted by Gasteiger charge is -2.26. The topological polar surface area (TPSA) is 288 Å². The summed E-state index contributed by atoms with van der Waals surface area (Å²) in [6, 6.07) is 5.32. The number of hydrogen-bond acceptors (Lipinski definition) is 12. The SMILES string of the molecule is CCCCc1ccc(-c2ccc(S(=O)(=O)NC(CCN)C(=O)NC(C(=O)NC(C)C(=O)NC(CCCCN)C(=O)NC(C)B(O)O)C(C)O)cn2)cc1. The van der Waals surface area contributed by atoms with Crippen LogP contribution in [0, 0.1) is 0 Å². The maximum Gasteiger partial charge on any atom is 0.475 e. The van der Waals surface area contributed by atoms with Gasteiger partial charge < -0.3 is 47.9 Å². The first kappa shape index (κ1) is 45.2. The second-order valence-corrected chi connectivity index (χ2v) is 14.7. The van der Waals surface area contributed by atoms with E-state index in [-0.39, 0.29) is 24.3 Å². The summed E-state index contributed by atoms with van der Waals surface area (Å²) in [5, 5.41) is 38.7. The lowest BCUT2D eigenvalue weighted by molar-refractivity contribution is -0.135. The molecule has 2 rings (SSSR count). The third kappa shape index (κ3) is 14.8. The van der Waals surface area contributed by atoms with E-state index in [1.807, 2.05) is 24.3 Å². The van der Waals surface area contributed by atoms with Gasteiger partial charge >= 0.3 is 7.12 Å². The van der Waals surface area contributed by atoms with Gasteiger partial charge in [-0.15, -0.1) is 0 Å². The number of aliphatic hydroxyl groups is 1. The summed E-state index contributed by atoms with van der Waals surface area (Å²) < 4.78 is 28.9. The lowest BCUT2D eigenvalue weighted by Crippen LogP contribution is -2.60. The number of sulfonamides is 1. The number of aryl methyl sites for hydroxylation is 1. The zero-order chi connectivity index (χ0) is 39.7. The average molecular weight is 763 g/mol. The van der Waals surface area contributed by atoms with Crippen LogP contribution in [0.2, 0.25) is 0 Å². The smallest absolute Gasteiger partial charge is 0.426 e. The first-order valence-corrected chi connectivity index (χ1v) is 19.3. The van der Waals surface area contributed by atoms with Crippen LogP contribution in [0.1, 0.15) is 71.8 Å². The van der Waals surface area contributed by atoms with Gasteiger partial charge in [-0.2, -0.15) is 4.72 Å². The fraction of sp³-hybridized carbons (Fsp3) is 0.559. The van der Waals surface area contributed by atoms with E-state index in [1.54, 1.807) is 6.07 Å². The predicted octanol–water partition coefficient (Wildman–Crippen LogP) is -1.41. The Morgan fingerprint density at radius 1 is 0.792 bits per heavy atom. The van der Waals surface area contributed by atoms with Gasteiger partial charge in [0.05, 0.1) is 17.7 Å². The number of hydrogen-bond donors (Lipinski definition) is 10. The Kier molecular flexibility index (Phi) is 19.0. The molecule has 6 unspecified atom stereocenters. The van der Waals surface area contributed by atoms with Crippen molar-refractivity contribution in [2.24, 2.45) is 11.5 Å². The van der Waals surface area contributed by atoms with Crippen molar-refractivity contribution in [2.75, 3.05) is 13.1 Å². The van der Waals surface area contributed by atoms with Crippen LogP contribution in [0.4, 0.5) is 0 Å². The summed E-state index contributed by atoms with van der Waals surface area (Å²) in [7, 11) is -6.14. The number of benzene rings is 1. The Morgan fingerprint density at radius 3 is 2.00 bits per heavy atom. The lowest BCUT2D eigenvalue weighted by atomic mass is 9.81. The number of carbonyl (C=O) groups excluding carboxylic acids is 4. The minimum atomic E-state index is -4.30. The van der Waals surface area contributed by atoms with Crippen molar-refractivity contribution in [3.63, 3.8) is 0 Å². The molecule has 0 saturated heterocycles. The fourth-order valence-corrected chi connectivity index (χ4v) is 6.26. The normalized spacial score (nSPS) is 14.9. The number of amides is 4. The number of nitrogens with zero attached hydrogens (tertiary/aromatic N) is 1. The van der Waals surface area contributed by atoms with Gasteiger partial charge in [-0.25, -0.2) is 8.42 Å². The van der Waals surface area contributed by atoms with E-state index in [0.29, 0.717) is 25.1 Å². The van der Waals surface area contributed by atoms with Crippen molar-refractivity contribution in [1.29, 1.82) is 0 Å². The number of carbonyl (C=O) groups is 4. The molecule has 4 amide bonds. The standard InChI is InChI=1S/C34H55BN8O9S/c1-5-6-9-24-11-13-25(14-12-24)27-16-15-26(20-38-27)53(51,52)43-29(17-19-37)33(47)42-30(22(3)44)34(48)39-21(2)31(45)41-28(10-7-8-18-36)32(46)40-23(4)35(49)50/h11-16,20-23,28-30,43-44,49-50H,5-10,17-19,36-37H2,1-4H3,(H,39,48)(H,40,46)(H,41,45)(H,42,47). The van der Waals surface area contributed by atoms with Gasteiger partial charge in [0.15, 0.2) is 0 Å². The molecule has 294 valence electrons. The fourth-order valence-electron chi connectivity index (χ4n) is 5.08. The van der Waals surface area contributed by atoms with E-state index < -0.39 is 77.0 Å². The van der Waals surface area contributed by atoms with Crippen LogP contribution in [-0.2, 0) is 35.6 Å². The molecule has 12 N–H and O–H groups in total. The molecule has 19 heteroatoms. The molecular weight excluding hydrogens is 707 g/mol. The summed E-state index contributed by atoms with van der Waals surface area (Å²) in [6.45, 7) is 6.26. The van der Waals surface area contributed by atoms with E-state index in [4.69, 9.17) is 11.5 Å². The molecule has 0 aliphatic carbocycles. The number of rotatable bonds is 23. The number of aliphatic hydroxyl groups excluding tert-OH is 1. The van der Waals surface area contributed by atoms with Crippen LogP contribution in [0.15, 0.2) is 47.5 Å². The van der Waals surface area contributed by atoms with Crippen LogP contribution < -0.4 is 37.5 Å². The van der Waals surface area contributed by atoms with E-state index in [0.717, 1.165) is 24.8 Å². The first-order valence-electron chi connectivity index (χ1n) is 17.8. The molecule has 1 aromatic carbocycles. The van der Waals surface area contributed by atoms with Crippen molar-refractivity contribution in [3.05, 3.63) is 48.2 Å². The molecule has 1 aromatic heterocycles. The molecule has 2 aromatic rings. The summed E-state index contributed by atoms with van der Waals surface area (Å²) in [5.41, 5.74) is 13.8. The highest BCUT2D eigenvalue weighted by molar-refractivity contribution is 7.89. The largest absolute Gasteiger partial charge is 0.475 e. The Labute approximate surface area is 311 Å². The molecule has 0 saturated carbocycles. The van der Waals surface area contributed by atoms with Gasteiger partial charge in [0, 0.05) is 11.8 Å². The monoisotopic (exact) mass is 762 g/mol. The summed E-state index contributed by atoms with van der Waals surface area (Å²) >= 11 is 0. The molecule has 53 heavy (non-hydrogen) atoms. The van der Waals surface area contributed by atoms with Crippen LogP contribution in [0.25, 0.3) is 11.3 Å². The molecular formula is C34H55BN8O9S. The van der Waals surface area contributed by atoms with Crippen molar-refractivity contribution >= 4 is 40.8 Å². The summed E-state index contributed by atoms with van der Waals surface area (Å²) in [5.74, 6) is -4.42. The van der Waals surface area contributed by atoms with Crippen molar-refractivity contribution in [3.8, 4) is 11.3 Å². The number of unbranched alkanes of at least 4 members (excludes halogenated alkanes) is 2. The van der Waals surface area contributed by atoms with Gasteiger partial charge in [0.2, 0.25) is 33.7 Å². The molecule has 0 fully saturated rings. The molecule has 0 aliphatic rings. The number of nitrogens with one attached hydrogen (secondary N) is 5. The minimum Gasteiger partial charge on any atom is -0.426 e. The Hall–Kier alpha value is -3.98. The third-order valence-corrected chi connectivity index (χ3v) is 9.85. The molecule has 6 atom stereocenters. The highest BCUT2D eigenvalue weighted by Gasteiger charge is 2.33. The highest BCUT2D eigenvalue weighted by atomic mass is 32.2. The van der Waals surface area contributed by atoms with E-state index in [2.05, 4.69) is 37.9 Å². The predicted molar refractivity (Wildman–Crippen MR) is 200 cm³/mol. The van der Waals surface area contributed by atoms with Crippen molar-refractivity contribution in [2.45, 2.75) is 114 Å². The van der Waals surface area contributed by atoms with E-state index in [9.17, 15) is 42.8 Å². The Morgan fingerprint density at radius 2 is 1.45 bits per heavy atom. The van der Waals surface area contributed by atoms with Crippen molar-refractivity contribution < 1.29 is 42.8 Å². The van der Waals surface area contributed by atoms with Crippen LogP contribution in [0.3, 0.4) is 0 Å². The zero-order valence-corrected chi connectivity index (χ0v) is 31.6. The third-order valence-electron chi connectivity index (χ3n) is 8.40. The van der Waals surface area contributed by atoms with E-state index >= 15 is 0 Å². The molecule has 17 nitrogen and oxygen atoms in total. The number of aromatic nitrogens is 1. The van der Waals surface area contributed by atoms with Gasteiger partial charge in [-0.05, 0) is 90.1 Å². The minimum absolute atomic E-state index is 0.106. The van der Waals surface area contributed by atoms with Gasteiger partial charge in [-0.3, -0.25) is 24.2 Å². The van der Waals surface area contributed by atoms with Crippen LogP contribution in [0.5, 0.6) is 0 Å². The second kappa shape index (κ2) is 22.3. The maximum absolute atomic E-state index is 13.3. The first-order chi connectivity index (χ1) is 25.0. The molecule has 0 bridgehead atoms. The average Bonchev–Trinajstić information content (AvgIpc) is 3.12. The Bertz CT molecular complexity index is 1580. The molecule has 0 spiro atoms. The molecule has 1 heterocycles. The summed E-state index contributed by atoms with van der Waals surface area (Å²) in [6.07, 6.45) is 3.83. The van der Waals surface area contributed by atoms with Crippen LogP contribution >= 0.6 is 0 Å². The zero-order valence-electron chi connectivity index (χ0n) is 30.7. The molecule has 0 radical (unpaired) electrons. The van der Waals surface area contributed by atoms with Crippen molar-refractivity contribution in [1.82, 2.24) is 31.0 Å². The second-order valence-electron chi connectivity index (χ2n) is 12.9. The van der Waals surface area contributed by atoms with Gasteiger partial charge in [0.25, 0.3) is 0 Å². The maximum atomic E-state index is 13.3. The molecule has 0 aliphatic heterocycles. The highest BCUT2D eigenvalue weighted by Crippen LogP contribution is 2.20. The Balaban J connectivity index is 2.11. The summed E-state index contributed by atoms with van der Waals surface area (Å²) in [4.78, 5) is 56.4. The van der Waals surface area contributed by atoms with E-state index in [1.165, 1.54) is 38.6 Å². The number of pyridine rings is 1. The van der Waals surface area contributed by atoms with Gasteiger partial charge in [-0.1, -0.05) is 37.6 Å². The quantitative estimate of drug-likeness (QED) is 0.0462. The van der Waals surface area contributed by atoms with Gasteiger partial charge in [0.1, 0.15) is 29.1 Å². The van der Waals surface area contributed by atoms with Crippen LogP contribution in [-0.4, -0.2) is 109 Å². The number of nitrogens with two attached hydrogens (primary N) is 2.